The summed E-state index contributed by atoms with van der Waals surface area (Å²) in [5, 5.41) is 67.9. The number of carbonyl (C=O) groups excluding carboxylic acids is 7. The number of benzene rings is 3. The maximum atomic E-state index is 14.3. The molecule has 6 aromatic rings. The summed E-state index contributed by atoms with van der Waals surface area (Å²) < 4.78 is 49.9. The number of aromatic amines is 1. The van der Waals surface area contributed by atoms with E-state index in [1.54, 1.807) is 28.8 Å². The van der Waals surface area contributed by atoms with E-state index in [1.807, 2.05) is 69.4 Å². The van der Waals surface area contributed by atoms with Crippen molar-refractivity contribution in [1.29, 1.82) is 0 Å². The van der Waals surface area contributed by atoms with Crippen LogP contribution in [0.2, 0.25) is 0 Å². The number of carbonyl (C=O) groups is 9. The van der Waals surface area contributed by atoms with Crippen LogP contribution < -0.4 is 48.1 Å². The Balaban J connectivity index is 0.551. The molecule has 0 radical (unpaired) electrons. The van der Waals surface area contributed by atoms with Crippen molar-refractivity contribution in [2.45, 2.75) is 268 Å². The Morgan fingerprint density at radius 2 is 1.43 bits per heavy atom. The number of anilines is 3. The lowest BCUT2D eigenvalue weighted by Gasteiger charge is -2.50. The number of ether oxygens (including phenoxy) is 7. The summed E-state index contributed by atoms with van der Waals surface area (Å²) in [6, 6.07) is 18.4. The number of aliphatic hydroxyl groups excluding tert-OH is 1. The van der Waals surface area contributed by atoms with Gasteiger partial charge in [0.1, 0.15) is 23.6 Å². The number of amides is 6. The highest BCUT2D eigenvalue weighted by Gasteiger charge is 2.65. The average molecular weight is 1950 g/mol. The van der Waals surface area contributed by atoms with Gasteiger partial charge in [-0.2, -0.15) is 4.98 Å². The molecule has 7 aliphatic rings. The predicted molar refractivity (Wildman–Crippen MR) is 513 cm³/mol. The number of aliphatic carboxylic acids is 2. The summed E-state index contributed by atoms with van der Waals surface area (Å²) in [6.45, 7) is 19.4. The van der Waals surface area contributed by atoms with E-state index >= 15 is 0 Å². The lowest BCUT2D eigenvalue weighted by atomic mass is 9.78. The van der Waals surface area contributed by atoms with Gasteiger partial charge in [0.25, 0.3) is 11.5 Å². The number of aryl methyl sites for hydroxylation is 1. The van der Waals surface area contributed by atoms with Crippen molar-refractivity contribution in [2.24, 2.45) is 54.4 Å². The van der Waals surface area contributed by atoms with E-state index in [1.165, 1.54) is 61.5 Å². The van der Waals surface area contributed by atoms with E-state index in [-0.39, 0.29) is 201 Å². The smallest absolute Gasteiger partial charge is 0.327 e. The fourth-order valence-electron chi connectivity index (χ4n) is 20.5. The van der Waals surface area contributed by atoms with E-state index in [0.29, 0.717) is 72.2 Å². The molecule has 40 heteroatoms. The Hall–Kier alpha value is -8.91. The molecule has 3 aromatic carbocycles. The first kappa shape index (κ1) is 103. The zero-order chi connectivity index (χ0) is 96.8. The predicted octanol–water partition coefficient (Wildman–Crippen LogP) is 9.72. The summed E-state index contributed by atoms with van der Waals surface area (Å²) in [5.41, 5.74) is 9.64. The van der Waals surface area contributed by atoms with Gasteiger partial charge in [0.15, 0.2) is 22.7 Å². The van der Waals surface area contributed by atoms with Gasteiger partial charge >= 0.3 is 11.9 Å². The van der Waals surface area contributed by atoms with E-state index in [4.69, 9.17) is 38.9 Å². The molecule has 3 aromatic heterocycles. The Bertz CT molecular complexity index is 5240. The summed E-state index contributed by atoms with van der Waals surface area (Å²) in [4.78, 5) is 150. The van der Waals surface area contributed by atoms with Crippen LogP contribution in [0.5, 0.6) is 0 Å². The number of nitrogens with two attached hydrogens (primary N) is 1. The van der Waals surface area contributed by atoms with Gasteiger partial charge in [-0.1, -0.05) is 139 Å². The molecule has 3 unspecified atom stereocenters. The van der Waals surface area contributed by atoms with E-state index in [2.05, 4.69) is 111 Å². The third-order valence-corrected chi connectivity index (χ3v) is 32.8. The first-order valence-corrected chi connectivity index (χ1v) is 52.0. The molecular weight excluding hydrogens is 1820 g/mol. The number of methoxy groups -OCH3 is 1. The van der Waals surface area contributed by atoms with Gasteiger partial charge in [0, 0.05) is 148 Å². The number of rotatable bonds is 43. The number of carboxylic acid groups (broad SMARTS) is 2. The molecule has 736 valence electrons. The van der Waals surface area contributed by atoms with Crippen molar-refractivity contribution in [1.82, 2.24) is 61.5 Å². The molecule has 7 aliphatic heterocycles. The van der Waals surface area contributed by atoms with E-state index in [0.717, 1.165) is 54.5 Å². The van der Waals surface area contributed by atoms with E-state index in [9.17, 15) is 68.4 Å². The van der Waals surface area contributed by atoms with Crippen molar-refractivity contribution < 1.29 is 96.7 Å². The number of H-pyrrole nitrogens is 1. The van der Waals surface area contributed by atoms with Crippen LogP contribution in [0.1, 0.15) is 193 Å². The highest BCUT2D eigenvalue weighted by Crippen LogP contribution is 2.58. The van der Waals surface area contributed by atoms with Gasteiger partial charge in [0.05, 0.1) is 109 Å². The number of nitrogens with zero attached hydrogens (tertiary/aromatic N) is 7. The van der Waals surface area contributed by atoms with Crippen molar-refractivity contribution in [3.63, 3.8) is 0 Å². The molecular formula is C95H131N15O21S4. The van der Waals surface area contributed by atoms with Gasteiger partial charge in [-0.25, -0.2) is 24.2 Å². The number of hydrogen-bond donors (Lipinski definition) is 12. The van der Waals surface area contributed by atoms with Gasteiger partial charge in [-0.05, 0) is 132 Å². The van der Waals surface area contributed by atoms with Crippen molar-refractivity contribution in [2.75, 3.05) is 72.3 Å². The maximum Gasteiger partial charge on any atom is 0.327 e. The standard InChI is InChI=1S/C95H131N15O21S4/c1-52-22-28-65(44-66-45-72(125-11)58(7)95(128-66)56(5)46-93(9,131-95)74-32-34-92(8,129-74)83-54(3)42-73(127-83)82-53(2)41-55(4)94(124,51-111)130-82)126-81(52)57(6)85(116)99-37-40-134-135-50-70(90(122)123)104-87(118)60(43-64(112)27-29-69(89(120)121)103-86(117)59-23-25-62(26-24-59)100-47-63-48-101-84-79(102-63)88(119)106-91(96)105-84)18-16-35-97-76(114)33-38-132-133-39-36-98-75(113)30-31-77(115)110-49-61-17-12-13-19-67(61)80-78(107-108-109(80)10)68-20-14-15-21-71(68)110/h12-15,17,19-21,23-26,48,52-58,60,65-66,69-70,72-74,81-83,100,111,124H,16,18,22,27-47,49-51H2,1-11H3,(H,97,114)(H,98,113)(H,99,116)(H,103,117)(H,104,118)(H,120,121)(H,122,123)(H3,96,101,105,106,119)/t52-,53-,54-,55+,56+,57+,58+,60?,65+,66+,69-,70-,72+,73+,74?,81?,82+,83+,92-,93+,94-,95+/m0/s1. The lowest BCUT2D eigenvalue weighted by molar-refractivity contribution is -0.353. The number of fused-ring (bicyclic) bond motifs is 6. The Morgan fingerprint density at radius 1 is 0.719 bits per heavy atom. The molecule has 135 heavy (non-hydrogen) atoms. The minimum atomic E-state index is -1.62. The molecule has 6 amide bonds. The minimum Gasteiger partial charge on any atom is -0.480 e. The molecule has 6 fully saturated rings. The fourth-order valence-corrected chi connectivity index (χ4v) is 24.5. The van der Waals surface area contributed by atoms with Crippen molar-refractivity contribution in [3.8, 4) is 22.5 Å². The Morgan fingerprint density at radius 3 is 2.18 bits per heavy atom. The topological polar surface area (TPSA) is 503 Å². The summed E-state index contributed by atoms with van der Waals surface area (Å²) in [6.07, 6.45) is 4.83. The first-order valence-electron chi connectivity index (χ1n) is 47.0. The molecule has 13 rings (SSSR count). The van der Waals surface area contributed by atoms with Crippen LogP contribution in [0.25, 0.3) is 33.7 Å². The van der Waals surface area contributed by atoms with Crippen LogP contribution in [0.3, 0.4) is 0 Å². The molecule has 1 spiro atoms. The molecule has 6 saturated heterocycles. The largest absolute Gasteiger partial charge is 0.480 e. The van der Waals surface area contributed by atoms with Crippen LogP contribution in [0.4, 0.5) is 17.3 Å². The summed E-state index contributed by atoms with van der Waals surface area (Å²) in [7, 11) is 8.95. The number of aliphatic hydroxyl groups is 2. The van der Waals surface area contributed by atoms with Gasteiger partial charge in [-0.15, -0.1) is 5.10 Å². The van der Waals surface area contributed by atoms with Crippen LogP contribution in [-0.4, -0.2) is 249 Å². The van der Waals surface area contributed by atoms with Gasteiger partial charge in [0.2, 0.25) is 35.5 Å². The second-order valence-corrected chi connectivity index (χ2v) is 43.2. The molecule has 0 bridgehead atoms. The molecule has 36 nitrogen and oxygen atoms in total. The number of nitrogen functional groups attached to an aromatic ring is 1. The monoisotopic (exact) mass is 1950 g/mol. The number of para-hydroxylation sites is 1. The third kappa shape index (κ3) is 25.2. The number of ketones is 1. The first-order chi connectivity index (χ1) is 64.5. The SMILES string of the molecule is CO[C@@H]1C[C@@H](C[C@H]2CC[C@H](C)C([C@@H](C)C(=O)NCCSSC[C@H](NC(=O)C(CCCNC(=O)CCSSCCNC(=O)CCC(=O)N3Cc4ccccc4-c4c(nnn4C)-c4ccccc43)CC(=O)CC[C@H](NC(=O)c3ccc(NCc4cnc5nc(N)[nH]c(=O)c5n4)cc3)C(=O)O)C(=O)O)O2)O[C@]2(O[C@@](C)(C3CC[C@@](C)([C@@H]4O[C@@H]([C@@H]5O[C@@](O)(CO)[C@H](C)C[C@@H]5C)C[C@@H]4C)O3)C[C@H]2C)[C@@H]1C. The number of carboxylic acids is 2. The third-order valence-electron chi connectivity index (χ3n) is 27.9. The minimum absolute atomic E-state index is 0.00313. The number of nitrogens with one attached hydrogen (secondary N) is 7. The molecule has 13 N–H and O–H groups in total. The van der Waals surface area contributed by atoms with Crippen LogP contribution in [0.15, 0.2) is 83.8 Å². The number of aromatic nitrogens is 7. The Kier molecular flexibility index (Phi) is 35.4. The number of Topliss-reactive ketones (excluding diaryl/α,β-unsaturated/α-hetero) is 1. The van der Waals surface area contributed by atoms with E-state index < -0.39 is 101 Å². The quantitative estimate of drug-likeness (QED) is 0.0125. The van der Waals surface area contributed by atoms with Crippen LogP contribution in [0, 0.1) is 47.3 Å². The van der Waals surface area contributed by atoms with Crippen molar-refractivity contribution >= 4 is 125 Å². The molecule has 0 saturated carbocycles. The zero-order valence-electron chi connectivity index (χ0n) is 78.6. The second kappa shape index (κ2) is 46.2. The zero-order valence-corrected chi connectivity index (χ0v) is 81.8. The number of hydrogen-bond acceptors (Lipinski definition) is 30. The lowest BCUT2D eigenvalue weighted by Crippen LogP contribution is -2.58. The molecule has 10 heterocycles. The molecule has 22 atom stereocenters. The molecule has 0 aliphatic carbocycles. The summed E-state index contributed by atoms with van der Waals surface area (Å²) in [5.74, 6) is -8.94. The normalized spacial score (nSPS) is 28.5. The van der Waals surface area contributed by atoms with Gasteiger partial charge < -0.3 is 96.1 Å². The second-order valence-electron chi connectivity index (χ2n) is 37.9. The van der Waals surface area contributed by atoms with Gasteiger partial charge in [-0.3, -0.25) is 43.3 Å². The summed E-state index contributed by atoms with van der Waals surface area (Å²) >= 11 is 0. The average Bonchev–Trinajstić information content (AvgIpc) is 1.56. The Labute approximate surface area is 801 Å². The highest BCUT2D eigenvalue weighted by molar-refractivity contribution is 8.77. The van der Waals surface area contributed by atoms with Crippen molar-refractivity contribution in [3.05, 3.63) is 106 Å². The highest BCUT2D eigenvalue weighted by atomic mass is 33.1. The van der Waals surface area contributed by atoms with Crippen LogP contribution >= 0.6 is 43.2 Å². The fraction of sp³-hybridized carbons (Fsp3) is 0.632. The van der Waals surface area contributed by atoms with Crippen LogP contribution in [-0.2, 0) is 91.7 Å². The maximum absolute atomic E-state index is 14.3.